The molecular formula is C20H37N3O7Si. The third-order valence-corrected chi connectivity index (χ3v) is 9.95. The Morgan fingerprint density at radius 1 is 1.39 bits per heavy atom. The number of hydrogen-bond donors (Lipinski definition) is 1. The maximum Gasteiger partial charge on any atom is 0.508 e. The number of ether oxygens (including phenoxy) is 4. The van der Waals surface area contributed by atoms with E-state index in [0.29, 0.717) is 6.61 Å². The van der Waals surface area contributed by atoms with Crippen molar-refractivity contribution in [1.29, 1.82) is 0 Å². The molecule has 0 saturated carbocycles. The summed E-state index contributed by atoms with van der Waals surface area (Å²) in [6, 6.07) is -1.10. The van der Waals surface area contributed by atoms with Crippen LogP contribution in [0, 0.1) is 0 Å². The first-order valence-corrected chi connectivity index (χ1v) is 13.5. The number of nitrogens with zero attached hydrogens (tertiary/aromatic N) is 3. The van der Waals surface area contributed by atoms with Gasteiger partial charge in [-0.25, -0.2) is 4.79 Å². The minimum absolute atomic E-state index is 0.0578. The molecule has 1 saturated heterocycles. The summed E-state index contributed by atoms with van der Waals surface area (Å²) in [7, 11) is -2.36. The first kappa shape index (κ1) is 27.4. The number of aliphatic hydroxyl groups is 1. The summed E-state index contributed by atoms with van der Waals surface area (Å²) in [4.78, 5) is 14.9. The molecule has 11 heteroatoms. The van der Waals surface area contributed by atoms with Crippen molar-refractivity contribution in [1.82, 2.24) is 0 Å². The molecule has 31 heavy (non-hydrogen) atoms. The largest absolute Gasteiger partial charge is 0.508 e. The van der Waals surface area contributed by atoms with Crippen LogP contribution in [0.4, 0.5) is 4.79 Å². The van der Waals surface area contributed by atoms with E-state index in [0.717, 1.165) is 12.8 Å². The highest BCUT2D eigenvalue weighted by atomic mass is 28.4. The lowest BCUT2D eigenvalue weighted by Gasteiger charge is -2.46. The van der Waals surface area contributed by atoms with Crippen molar-refractivity contribution >= 4 is 14.5 Å². The highest BCUT2D eigenvalue weighted by molar-refractivity contribution is 6.74. The van der Waals surface area contributed by atoms with E-state index < -0.39 is 45.1 Å². The van der Waals surface area contributed by atoms with Gasteiger partial charge in [-0.05, 0) is 30.1 Å². The van der Waals surface area contributed by atoms with Gasteiger partial charge in [0.2, 0.25) is 0 Å². The quantitative estimate of drug-likeness (QED) is 0.0926. The first-order valence-electron chi connectivity index (χ1n) is 10.6. The maximum absolute atomic E-state index is 12.1. The number of carbonyl (C=O) groups excluding carboxylic acids is 1. The molecule has 1 heterocycles. The van der Waals surface area contributed by atoms with E-state index in [1.807, 2.05) is 20.0 Å². The molecule has 1 rings (SSSR count). The Morgan fingerprint density at radius 3 is 2.61 bits per heavy atom. The Hall–Kier alpha value is -1.62. The number of unbranched alkanes of at least 4 members (excludes halogenated alkanes) is 1. The van der Waals surface area contributed by atoms with Gasteiger partial charge in [-0.3, -0.25) is 0 Å². The fraction of sp³-hybridized carbons (Fsp3) is 0.850. The summed E-state index contributed by atoms with van der Waals surface area (Å²) in [6.07, 6.45) is -2.18. The summed E-state index contributed by atoms with van der Waals surface area (Å²) in [5.74, 6) is 0. The summed E-state index contributed by atoms with van der Waals surface area (Å²) in [6.45, 7) is 16.3. The van der Waals surface area contributed by atoms with Crippen molar-refractivity contribution in [3.8, 4) is 0 Å². The fourth-order valence-corrected chi connectivity index (χ4v) is 3.77. The number of carbonyl (C=O) groups is 1. The first-order chi connectivity index (χ1) is 14.5. The summed E-state index contributed by atoms with van der Waals surface area (Å²) in [5.41, 5.74) is 9.11. The molecule has 10 nitrogen and oxygen atoms in total. The molecule has 0 aromatic heterocycles. The lowest BCUT2D eigenvalue weighted by atomic mass is 9.97. The Kier molecular flexibility index (Phi) is 11.0. The number of aliphatic hydroxyl groups excluding tert-OH is 1. The zero-order valence-electron chi connectivity index (χ0n) is 19.4. The van der Waals surface area contributed by atoms with Crippen LogP contribution in [-0.4, -0.2) is 70.0 Å². The van der Waals surface area contributed by atoms with Gasteiger partial charge in [-0.15, -0.1) is 0 Å². The van der Waals surface area contributed by atoms with Crippen LogP contribution in [0.15, 0.2) is 17.8 Å². The second-order valence-corrected chi connectivity index (χ2v) is 13.7. The molecule has 0 bridgehead atoms. The fourth-order valence-electron chi connectivity index (χ4n) is 2.64. The van der Waals surface area contributed by atoms with Crippen LogP contribution in [0.3, 0.4) is 0 Å². The van der Waals surface area contributed by atoms with Crippen LogP contribution in [-0.2, 0) is 23.4 Å². The zero-order chi connectivity index (χ0) is 23.7. The summed E-state index contributed by atoms with van der Waals surface area (Å²) in [5, 5.41) is 14.4. The van der Waals surface area contributed by atoms with Crippen molar-refractivity contribution in [2.75, 3.05) is 19.8 Å². The van der Waals surface area contributed by atoms with E-state index in [1.165, 1.54) is 6.08 Å². The van der Waals surface area contributed by atoms with E-state index in [1.54, 1.807) is 0 Å². The normalized spacial score (nSPS) is 26.6. The lowest BCUT2D eigenvalue weighted by molar-refractivity contribution is -0.247. The minimum Gasteiger partial charge on any atom is -0.430 e. The number of rotatable bonds is 11. The van der Waals surface area contributed by atoms with Crippen LogP contribution in [0.25, 0.3) is 10.4 Å². The molecule has 0 aromatic rings. The molecule has 1 aliphatic rings. The van der Waals surface area contributed by atoms with E-state index >= 15 is 0 Å². The lowest BCUT2D eigenvalue weighted by Crippen LogP contribution is -2.62. The van der Waals surface area contributed by atoms with Crippen LogP contribution in [0.2, 0.25) is 18.1 Å². The molecule has 0 aromatic carbocycles. The Balaban J connectivity index is 3.16. The molecule has 0 amide bonds. The molecular weight excluding hydrogens is 422 g/mol. The van der Waals surface area contributed by atoms with E-state index in [4.69, 9.17) is 28.9 Å². The monoisotopic (exact) mass is 459 g/mol. The molecule has 178 valence electrons. The predicted octanol–water partition coefficient (Wildman–Crippen LogP) is 4.30. The van der Waals surface area contributed by atoms with E-state index in [-0.39, 0.29) is 18.3 Å². The molecule has 0 aliphatic carbocycles. The van der Waals surface area contributed by atoms with Gasteiger partial charge in [0.1, 0.15) is 31.0 Å². The summed E-state index contributed by atoms with van der Waals surface area (Å²) < 4.78 is 28.2. The van der Waals surface area contributed by atoms with Gasteiger partial charge >= 0.3 is 6.16 Å². The Labute approximate surface area is 185 Å². The second-order valence-electron chi connectivity index (χ2n) is 8.97. The van der Waals surface area contributed by atoms with E-state index in [9.17, 15) is 9.90 Å². The topological polar surface area (TPSA) is 132 Å². The van der Waals surface area contributed by atoms with Gasteiger partial charge in [0.15, 0.2) is 14.6 Å². The van der Waals surface area contributed by atoms with Crippen molar-refractivity contribution in [3.05, 3.63) is 23.1 Å². The number of azide groups is 1. The molecule has 1 aliphatic heterocycles. The van der Waals surface area contributed by atoms with Crippen LogP contribution >= 0.6 is 0 Å². The van der Waals surface area contributed by atoms with Gasteiger partial charge in [0.25, 0.3) is 0 Å². The van der Waals surface area contributed by atoms with Gasteiger partial charge in [0, 0.05) is 11.5 Å². The number of hydrogen-bond acceptors (Lipinski definition) is 8. The molecule has 1 N–H and O–H groups in total. The van der Waals surface area contributed by atoms with E-state index in [2.05, 4.69) is 37.4 Å². The zero-order valence-corrected chi connectivity index (χ0v) is 20.4. The van der Waals surface area contributed by atoms with Crippen molar-refractivity contribution < 1.29 is 33.3 Å². The second kappa shape index (κ2) is 12.4. The standard InChI is InChI=1S/C20H37N3O7Si/c1-8-10-12-26-13-14-16(24)17(29-19(25)27-11-9-2)15(22-23-21)18(28-14)30-31(6,7)20(3,4)5/h9,14-18,24H,2,8,10-13H2,1,3-7H3/t14?,15-,16+,17?,18-/m0/s1. The van der Waals surface area contributed by atoms with Crippen LogP contribution in [0.1, 0.15) is 40.5 Å². The molecule has 5 atom stereocenters. The van der Waals surface area contributed by atoms with Crippen molar-refractivity contribution in [2.45, 2.75) is 89.3 Å². The average Bonchev–Trinajstić information content (AvgIpc) is 2.68. The van der Waals surface area contributed by atoms with Gasteiger partial charge in [0.05, 0.1) is 6.61 Å². The summed E-state index contributed by atoms with van der Waals surface area (Å²) >= 11 is 0. The highest BCUT2D eigenvalue weighted by Gasteiger charge is 2.51. The Bertz CT molecular complexity index is 635. The molecule has 1 fully saturated rings. The van der Waals surface area contributed by atoms with Crippen molar-refractivity contribution in [3.63, 3.8) is 0 Å². The molecule has 0 radical (unpaired) electrons. The average molecular weight is 460 g/mol. The predicted molar refractivity (Wildman–Crippen MR) is 118 cm³/mol. The van der Waals surface area contributed by atoms with Crippen LogP contribution in [0.5, 0.6) is 0 Å². The van der Waals surface area contributed by atoms with Crippen LogP contribution < -0.4 is 0 Å². The molecule has 0 spiro atoms. The van der Waals surface area contributed by atoms with Gasteiger partial charge < -0.3 is 28.5 Å². The third kappa shape index (κ3) is 8.10. The Morgan fingerprint density at radius 2 is 2.06 bits per heavy atom. The minimum atomic E-state index is -2.36. The van der Waals surface area contributed by atoms with Crippen molar-refractivity contribution in [2.24, 2.45) is 5.11 Å². The SMILES string of the molecule is C=CCOC(=O)OC1[C@H](O)C(COCCCC)O[C@@H](O[Si](C)(C)C(C)(C)C)[C@H]1N=[N+]=[N-]. The maximum atomic E-state index is 12.1. The highest BCUT2D eigenvalue weighted by Crippen LogP contribution is 2.39. The molecule has 2 unspecified atom stereocenters. The smallest absolute Gasteiger partial charge is 0.430 e. The van der Waals surface area contributed by atoms with Gasteiger partial charge in [-0.1, -0.05) is 51.9 Å². The third-order valence-electron chi connectivity index (χ3n) is 5.52. The van der Waals surface area contributed by atoms with Gasteiger partial charge in [-0.2, -0.15) is 0 Å².